The predicted octanol–water partition coefficient (Wildman–Crippen LogP) is 4.57. The molecule has 8 nitrogen and oxygen atoms in total. The van der Waals surface area contributed by atoms with Crippen LogP contribution in [0.2, 0.25) is 0 Å². The van der Waals surface area contributed by atoms with Gasteiger partial charge in [0.2, 0.25) is 11.9 Å². The topological polar surface area (TPSA) is 108 Å². The van der Waals surface area contributed by atoms with Crippen molar-refractivity contribution < 1.29 is 32.2 Å². The van der Waals surface area contributed by atoms with Gasteiger partial charge in [-0.1, -0.05) is 45.8 Å². The number of ketones is 1. The van der Waals surface area contributed by atoms with Crippen molar-refractivity contribution >= 4 is 37.8 Å². The van der Waals surface area contributed by atoms with Gasteiger partial charge in [-0.3, -0.25) is 4.79 Å². The van der Waals surface area contributed by atoms with Gasteiger partial charge in [-0.15, -0.1) is 0 Å². The normalized spacial score (nSPS) is 17.3. The van der Waals surface area contributed by atoms with Gasteiger partial charge < -0.3 is 14.2 Å². The third-order valence-electron chi connectivity index (χ3n) is 5.20. The second kappa shape index (κ2) is 9.47. The number of sulfonamides is 1. The molecule has 176 valence electrons. The highest BCUT2D eigenvalue weighted by Crippen LogP contribution is 2.38. The largest absolute Gasteiger partial charge is 0.497 e. The SMILES string of the molecule is COc1cccc([C@@H]2Oc3ccc(Br)cc3C(=O)[C@H]2OC(=O)NS(=O)(=O)c2ccc(C)cc2)c1. The van der Waals surface area contributed by atoms with Gasteiger partial charge in [0.15, 0.2) is 6.10 Å². The minimum absolute atomic E-state index is 0.111. The number of Topliss-reactive ketones (excluding diaryl/α,β-unsaturated/α-hetero) is 1. The van der Waals surface area contributed by atoms with Crippen molar-refractivity contribution in [2.24, 2.45) is 0 Å². The Bertz CT molecular complexity index is 1360. The van der Waals surface area contributed by atoms with E-state index in [2.05, 4.69) is 15.9 Å². The number of ether oxygens (including phenoxy) is 3. The quantitative estimate of drug-likeness (QED) is 0.500. The number of carbonyl (C=O) groups excluding carboxylic acids is 2. The van der Waals surface area contributed by atoms with Crippen LogP contribution in [0.15, 0.2) is 76.1 Å². The highest BCUT2D eigenvalue weighted by Gasteiger charge is 2.42. The Morgan fingerprint density at radius 3 is 2.50 bits per heavy atom. The molecule has 10 heteroatoms. The Morgan fingerprint density at radius 1 is 1.06 bits per heavy atom. The van der Waals surface area contributed by atoms with E-state index in [4.69, 9.17) is 14.2 Å². The number of methoxy groups -OCH3 is 1. The second-order valence-corrected chi connectivity index (χ2v) is 10.2. The monoisotopic (exact) mass is 545 g/mol. The third kappa shape index (κ3) is 4.92. The lowest BCUT2D eigenvalue weighted by Gasteiger charge is -2.32. The number of aryl methyl sites for hydroxylation is 1. The molecule has 1 aliphatic rings. The van der Waals surface area contributed by atoms with E-state index >= 15 is 0 Å². The average molecular weight is 546 g/mol. The molecule has 2 atom stereocenters. The van der Waals surface area contributed by atoms with Crippen LogP contribution in [0.25, 0.3) is 0 Å². The lowest BCUT2D eigenvalue weighted by molar-refractivity contribution is 0.0106. The molecular weight excluding hydrogens is 526 g/mol. The zero-order valence-electron chi connectivity index (χ0n) is 18.1. The van der Waals surface area contributed by atoms with Crippen molar-refractivity contribution in [3.8, 4) is 11.5 Å². The molecular formula is C24H20BrNO7S. The third-order valence-corrected chi connectivity index (χ3v) is 7.02. The van der Waals surface area contributed by atoms with Crippen molar-refractivity contribution in [1.82, 2.24) is 4.72 Å². The van der Waals surface area contributed by atoms with Crippen molar-refractivity contribution in [3.05, 3.63) is 87.9 Å². The number of fused-ring (bicyclic) bond motifs is 1. The first-order valence-electron chi connectivity index (χ1n) is 10.1. The second-order valence-electron chi connectivity index (χ2n) is 7.56. The van der Waals surface area contributed by atoms with E-state index in [1.165, 1.54) is 19.2 Å². The maximum Gasteiger partial charge on any atom is 0.422 e. The summed E-state index contributed by atoms with van der Waals surface area (Å²) in [6.07, 6.45) is -3.76. The van der Waals surface area contributed by atoms with Crippen LogP contribution in [0, 0.1) is 6.92 Å². The first kappa shape index (κ1) is 23.8. The molecule has 1 amide bonds. The molecule has 1 heterocycles. The fraction of sp³-hybridized carbons (Fsp3) is 0.167. The van der Waals surface area contributed by atoms with E-state index in [-0.39, 0.29) is 10.5 Å². The van der Waals surface area contributed by atoms with E-state index in [9.17, 15) is 18.0 Å². The summed E-state index contributed by atoms with van der Waals surface area (Å²) in [5, 5.41) is 0. The Hall–Kier alpha value is -3.37. The molecule has 0 saturated carbocycles. The van der Waals surface area contributed by atoms with E-state index in [0.717, 1.165) is 5.56 Å². The number of amides is 1. The highest BCUT2D eigenvalue weighted by molar-refractivity contribution is 9.10. The first-order valence-corrected chi connectivity index (χ1v) is 12.4. The number of hydrogen-bond acceptors (Lipinski definition) is 7. The zero-order chi connectivity index (χ0) is 24.5. The van der Waals surface area contributed by atoms with Crippen LogP contribution in [-0.2, 0) is 14.8 Å². The van der Waals surface area contributed by atoms with Crippen LogP contribution in [0.5, 0.6) is 11.5 Å². The fourth-order valence-electron chi connectivity index (χ4n) is 3.49. The maximum atomic E-state index is 13.3. The molecule has 3 aromatic rings. The summed E-state index contributed by atoms with van der Waals surface area (Å²) in [7, 11) is -2.71. The van der Waals surface area contributed by atoms with Crippen molar-refractivity contribution in [2.45, 2.75) is 24.0 Å². The smallest absolute Gasteiger partial charge is 0.422 e. The molecule has 0 bridgehead atoms. The Labute approximate surface area is 205 Å². The lowest BCUT2D eigenvalue weighted by atomic mass is 9.93. The van der Waals surface area contributed by atoms with Crippen LogP contribution in [0.4, 0.5) is 4.79 Å². The number of hydrogen-bond donors (Lipinski definition) is 1. The van der Waals surface area contributed by atoms with Crippen LogP contribution < -0.4 is 14.2 Å². The fourth-order valence-corrected chi connectivity index (χ4v) is 4.73. The summed E-state index contributed by atoms with van der Waals surface area (Å²) < 4.78 is 44.3. The Kier molecular flexibility index (Phi) is 6.63. The summed E-state index contributed by atoms with van der Waals surface area (Å²) in [6.45, 7) is 1.81. The molecule has 1 aliphatic heterocycles. The highest BCUT2D eigenvalue weighted by atomic mass is 79.9. The summed E-state index contributed by atoms with van der Waals surface area (Å²) in [5.41, 5.74) is 1.57. The van der Waals surface area contributed by atoms with E-state index in [1.54, 1.807) is 54.6 Å². The first-order chi connectivity index (χ1) is 16.2. The molecule has 0 unspecified atom stereocenters. The number of halogens is 1. The van der Waals surface area contributed by atoms with Crippen molar-refractivity contribution in [3.63, 3.8) is 0 Å². The summed E-state index contributed by atoms with van der Waals surface area (Å²) in [6, 6.07) is 17.6. The molecule has 34 heavy (non-hydrogen) atoms. The number of rotatable bonds is 5. The molecule has 0 radical (unpaired) electrons. The molecule has 4 rings (SSSR count). The van der Waals surface area contributed by atoms with Crippen LogP contribution in [0.3, 0.4) is 0 Å². The van der Waals surface area contributed by atoms with Gasteiger partial charge in [0.1, 0.15) is 11.5 Å². The van der Waals surface area contributed by atoms with Gasteiger partial charge in [0, 0.05) is 10.0 Å². The standard InChI is InChI=1S/C24H20BrNO7S/c1-14-6-9-18(10-7-14)34(29,30)26-24(28)33-23-21(27)19-13-16(25)8-11-20(19)32-22(23)15-4-3-5-17(12-15)31-2/h3-13,22-23H,1-2H3,(H,26,28)/t22-,23+/m0/s1. The lowest BCUT2D eigenvalue weighted by Crippen LogP contribution is -2.43. The predicted molar refractivity (Wildman–Crippen MR) is 127 cm³/mol. The zero-order valence-corrected chi connectivity index (χ0v) is 20.6. The minimum atomic E-state index is -4.21. The van der Waals surface area contributed by atoms with Crippen LogP contribution in [-0.4, -0.2) is 33.5 Å². The van der Waals surface area contributed by atoms with Gasteiger partial charge in [-0.05, 0) is 49.4 Å². The van der Waals surface area contributed by atoms with Crippen LogP contribution >= 0.6 is 15.9 Å². The van der Waals surface area contributed by atoms with Gasteiger partial charge in [0.25, 0.3) is 10.0 Å². The number of benzene rings is 3. The minimum Gasteiger partial charge on any atom is -0.497 e. The Morgan fingerprint density at radius 2 is 1.79 bits per heavy atom. The van der Waals surface area contributed by atoms with E-state index in [0.29, 0.717) is 21.5 Å². The summed E-state index contributed by atoms with van der Waals surface area (Å²) >= 11 is 3.31. The van der Waals surface area contributed by atoms with Gasteiger partial charge >= 0.3 is 6.09 Å². The molecule has 0 aromatic heterocycles. The molecule has 1 N–H and O–H groups in total. The maximum absolute atomic E-state index is 13.3. The molecule has 0 spiro atoms. The molecule has 0 fully saturated rings. The van der Waals surface area contributed by atoms with Gasteiger partial charge in [-0.25, -0.2) is 17.9 Å². The van der Waals surface area contributed by atoms with E-state index in [1.807, 2.05) is 11.6 Å². The number of carbonyl (C=O) groups is 2. The van der Waals surface area contributed by atoms with Gasteiger partial charge in [-0.2, -0.15) is 0 Å². The van der Waals surface area contributed by atoms with Crippen molar-refractivity contribution in [2.75, 3.05) is 7.11 Å². The summed E-state index contributed by atoms with van der Waals surface area (Å²) in [4.78, 5) is 25.9. The van der Waals surface area contributed by atoms with Gasteiger partial charge in [0.05, 0.1) is 17.6 Å². The summed E-state index contributed by atoms with van der Waals surface area (Å²) in [5.74, 6) is 0.298. The van der Waals surface area contributed by atoms with Crippen LogP contribution in [0.1, 0.15) is 27.6 Å². The molecule has 0 aliphatic carbocycles. The van der Waals surface area contributed by atoms with Crippen molar-refractivity contribution in [1.29, 1.82) is 0 Å². The molecule has 0 saturated heterocycles. The average Bonchev–Trinajstić information content (AvgIpc) is 2.81. The number of nitrogens with one attached hydrogen (secondary N) is 1. The molecule has 3 aromatic carbocycles. The Balaban J connectivity index is 1.65. The van der Waals surface area contributed by atoms with E-state index < -0.39 is 34.1 Å².